The van der Waals surface area contributed by atoms with Crippen LogP contribution in [0, 0.1) is 0 Å². The van der Waals surface area contributed by atoms with Gasteiger partial charge in [0.1, 0.15) is 12.1 Å². The van der Waals surface area contributed by atoms with Crippen molar-refractivity contribution in [1.82, 2.24) is 20.1 Å². The van der Waals surface area contributed by atoms with E-state index in [1.54, 1.807) is 16.0 Å². The Morgan fingerprint density at radius 1 is 0.966 bits per heavy atom. The first-order valence-electron chi connectivity index (χ1n) is 19.8. The van der Waals surface area contributed by atoms with E-state index in [2.05, 4.69) is 10.3 Å². The number of carbonyl (C=O) groups is 5. The van der Waals surface area contributed by atoms with E-state index < -0.39 is 50.0 Å². The molecular formula is C40H49F2N4O8PS3. The summed E-state index contributed by atoms with van der Waals surface area (Å²) in [4.78, 5) is 73.1. The van der Waals surface area contributed by atoms with Crippen molar-refractivity contribution in [2.75, 3.05) is 37.8 Å². The molecule has 0 bridgehead atoms. The van der Waals surface area contributed by atoms with Crippen molar-refractivity contribution in [1.29, 1.82) is 0 Å². The second-order valence-electron chi connectivity index (χ2n) is 14.7. The Bertz CT molecular complexity index is 1990. The second-order valence-corrected chi connectivity index (χ2v) is 20.1. The SMILES string of the molecule is CCCC(=O)SCCOP(=O)(OCCSC(=O)CCC)C(F)(F)c1ccc2sc(C(=O)NC3CCC[C@H]4CC[C@@H](C(=O)N5CC(c6cccnc6)C5)N4C3=O)cc2c1. The molecule has 3 aliphatic rings. The summed E-state index contributed by atoms with van der Waals surface area (Å²) in [5.74, 6) is -0.722. The van der Waals surface area contributed by atoms with Gasteiger partial charge in [-0.25, -0.2) is 0 Å². The first-order chi connectivity index (χ1) is 27.8. The van der Waals surface area contributed by atoms with Crippen LogP contribution < -0.4 is 5.32 Å². The van der Waals surface area contributed by atoms with E-state index in [0.717, 1.165) is 59.0 Å². The third-order valence-electron chi connectivity index (χ3n) is 10.6. The summed E-state index contributed by atoms with van der Waals surface area (Å²) in [6, 6.07) is 7.42. The highest BCUT2D eigenvalue weighted by Gasteiger charge is 2.55. The van der Waals surface area contributed by atoms with Crippen molar-refractivity contribution in [2.24, 2.45) is 0 Å². The Morgan fingerprint density at radius 3 is 2.29 bits per heavy atom. The van der Waals surface area contributed by atoms with Crippen LogP contribution in [-0.2, 0) is 38.5 Å². The third-order valence-corrected chi connectivity index (χ3v) is 15.5. The van der Waals surface area contributed by atoms with Gasteiger partial charge in [-0.1, -0.05) is 49.5 Å². The number of pyridine rings is 1. The minimum atomic E-state index is -5.19. The average molecular weight is 879 g/mol. The zero-order valence-electron chi connectivity index (χ0n) is 32.6. The number of aromatic nitrogens is 1. The molecule has 1 N–H and O–H groups in total. The first-order valence-corrected chi connectivity index (χ1v) is 24.1. The Labute approximate surface area is 349 Å². The van der Waals surface area contributed by atoms with Gasteiger partial charge >= 0.3 is 13.3 Å². The highest BCUT2D eigenvalue weighted by atomic mass is 32.2. The maximum atomic E-state index is 16.3. The number of alkyl halides is 2. The number of hydrogen-bond donors (Lipinski definition) is 1. The number of rotatable bonds is 18. The van der Waals surface area contributed by atoms with Gasteiger partial charge in [0.2, 0.25) is 11.8 Å². The van der Waals surface area contributed by atoms with E-state index in [9.17, 15) is 28.5 Å². The van der Waals surface area contributed by atoms with Gasteiger partial charge in [0.05, 0.1) is 18.1 Å². The number of thiophene rings is 1. The topological polar surface area (TPSA) is 152 Å². The summed E-state index contributed by atoms with van der Waals surface area (Å²) in [5, 5.41) is 2.88. The van der Waals surface area contributed by atoms with Crippen LogP contribution in [0.3, 0.4) is 0 Å². The van der Waals surface area contributed by atoms with Crippen LogP contribution in [0.2, 0.25) is 0 Å². The predicted molar refractivity (Wildman–Crippen MR) is 222 cm³/mol. The largest absolute Gasteiger partial charge is 0.404 e. The molecule has 3 atom stereocenters. The van der Waals surface area contributed by atoms with Crippen molar-refractivity contribution < 1.29 is 46.4 Å². The van der Waals surface area contributed by atoms with E-state index in [-0.39, 0.29) is 55.8 Å². The van der Waals surface area contributed by atoms with Gasteiger partial charge in [0.15, 0.2) is 10.2 Å². The van der Waals surface area contributed by atoms with E-state index >= 15 is 8.78 Å². The number of nitrogens with one attached hydrogen (secondary N) is 1. The van der Waals surface area contributed by atoms with Crippen molar-refractivity contribution >= 4 is 80.5 Å². The molecule has 1 aromatic carbocycles. The molecule has 3 aromatic rings. The predicted octanol–water partition coefficient (Wildman–Crippen LogP) is 7.96. The van der Waals surface area contributed by atoms with Gasteiger partial charge in [0.25, 0.3) is 5.91 Å². The third kappa shape index (κ3) is 10.2. The molecule has 3 fully saturated rings. The number of benzene rings is 1. The Morgan fingerprint density at radius 2 is 1.66 bits per heavy atom. The monoisotopic (exact) mass is 878 g/mol. The minimum Gasteiger partial charge on any atom is -0.340 e. The van der Waals surface area contributed by atoms with Crippen LogP contribution in [0.1, 0.15) is 98.4 Å². The number of likely N-dealkylation sites (tertiary alicyclic amines) is 1. The molecule has 6 rings (SSSR count). The number of hydrogen-bond acceptors (Lipinski definition) is 12. The van der Waals surface area contributed by atoms with Crippen LogP contribution >= 0.6 is 42.5 Å². The smallest absolute Gasteiger partial charge is 0.340 e. The molecule has 2 aromatic heterocycles. The molecule has 0 radical (unpaired) electrons. The lowest BCUT2D eigenvalue weighted by Crippen LogP contribution is -2.58. The fourth-order valence-corrected chi connectivity index (χ4v) is 11.7. The standard InChI is InChI=1S/C40H49F2N4O8PS3/c1-3-7-35(47)56-19-17-53-55(52,54-18-20-57-36(48)8-4-2)40(41,42)29-12-15-33-27(21-29)22-34(58-33)37(49)44-31-11-5-10-30-13-14-32(46(30)38(31)50)39(51)45-24-28(25-45)26-9-6-16-43-23-26/h6,9,12,15-16,21-23,28,30-32H,3-5,7-8,10-11,13-14,17-20,24-25H2,1-2H3,(H,44,49)/t30-,31?,32-/m0/s1. The van der Waals surface area contributed by atoms with Gasteiger partial charge in [-0.15, -0.1) is 11.3 Å². The molecule has 0 aliphatic carbocycles. The van der Waals surface area contributed by atoms with Gasteiger partial charge in [0, 0.05) is 72.1 Å². The fraction of sp³-hybridized carbons (Fsp3) is 0.550. The van der Waals surface area contributed by atoms with E-state index in [4.69, 9.17) is 9.05 Å². The van der Waals surface area contributed by atoms with Crippen molar-refractivity contribution in [3.63, 3.8) is 0 Å². The molecule has 58 heavy (non-hydrogen) atoms. The maximum absolute atomic E-state index is 16.3. The lowest BCUT2D eigenvalue weighted by molar-refractivity contribution is -0.148. The van der Waals surface area contributed by atoms with Crippen LogP contribution in [0.15, 0.2) is 48.8 Å². The highest BCUT2D eigenvalue weighted by molar-refractivity contribution is 8.13. The molecule has 1 unspecified atom stereocenters. The number of halogens is 2. The normalized spacial score (nSPS) is 20.1. The zero-order chi connectivity index (χ0) is 41.5. The molecule has 18 heteroatoms. The molecule has 314 valence electrons. The first kappa shape index (κ1) is 44.3. The summed E-state index contributed by atoms with van der Waals surface area (Å²) in [6.07, 6.45) is 8.48. The lowest BCUT2D eigenvalue weighted by Gasteiger charge is -2.42. The molecular weight excluding hydrogens is 830 g/mol. The van der Waals surface area contributed by atoms with Gasteiger partial charge in [-0.05, 0) is 80.2 Å². The Hall–Kier alpha value is -3.21. The number of amides is 3. The van der Waals surface area contributed by atoms with Crippen molar-refractivity contribution in [3.8, 4) is 0 Å². The second kappa shape index (κ2) is 19.9. The average Bonchev–Trinajstić information content (AvgIpc) is 3.78. The van der Waals surface area contributed by atoms with Crippen LogP contribution in [0.25, 0.3) is 10.1 Å². The van der Waals surface area contributed by atoms with Crippen LogP contribution in [-0.4, -0.2) is 98.7 Å². The van der Waals surface area contributed by atoms with Crippen molar-refractivity contribution in [2.45, 2.75) is 101 Å². The lowest BCUT2D eigenvalue weighted by atomic mass is 9.92. The quantitative estimate of drug-likeness (QED) is 0.0979. The molecule has 12 nitrogen and oxygen atoms in total. The Kier molecular flexibility index (Phi) is 15.2. The van der Waals surface area contributed by atoms with Crippen LogP contribution in [0.5, 0.6) is 0 Å². The van der Waals surface area contributed by atoms with E-state index in [0.29, 0.717) is 69.2 Å². The molecule has 0 saturated carbocycles. The molecule has 3 aliphatic heterocycles. The minimum absolute atomic E-state index is 0.00136. The maximum Gasteiger partial charge on any atom is 0.404 e. The number of thioether (sulfide) groups is 2. The van der Waals surface area contributed by atoms with Gasteiger partial charge in [-0.3, -0.25) is 33.5 Å². The van der Waals surface area contributed by atoms with Crippen LogP contribution in [0.4, 0.5) is 8.78 Å². The summed E-state index contributed by atoms with van der Waals surface area (Å²) >= 11 is 2.87. The summed E-state index contributed by atoms with van der Waals surface area (Å²) in [5.41, 5.74) is -3.70. The number of fused-ring (bicyclic) bond motifs is 2. The highest BCUT2D eigenvalue weighted by Crippen LogP contribution is 2.67. The molecule has 5 heterocycles. The molecule has 0 spiro atoms. The number of nitrogens with zero attached hydrogens (tertiary/aromatic N) is 3. The summed E-state index contributed by atoms with van der Waals surface area (Å²) in [7, 11) is -5.19. The van der Waals surface area contributed by atoms with E-state index in [1.807, 2.05) is 32.2 Å². The van der Waals surface area contributed by atoms with E-state index in [1.165, 1.54) is 12.1 Å². The van der Waals surface area contributed by atoms with Crippen molar-refractivity contribution in [3.05, 3.63) is 64.8 Å². The summed E-state index contributed by atoms with van der Waals surface area (Å²) in [6.45, 7) is 3.94. The molecule has 3 saturated heterocycles. The zero-order valence-corrected chi connectivity index (χ0v) is 35.9. The Balaban J connectivity index is 1.12. The van der Waals surface area contributed by atoms with Gasteiger partial charge in [-0.2, -0.15) is 8.78 Å². The molecule has 3 amide bonds. The number of carbonyl (C=O) groups excluding carboxylic acids is 5. The van der Waals surface area contributed by atoms with Gasteiger partial charge < -0.3 is 24.2 Å². The fourth-order valence-electron chi connectivity index (χ4n) is 7.54. The summed E-state index contributed by atoms with van der Waals surface area (Å²) < 4.78 is 57.5.